The van der Waals surface area contributed by atoms with Crippen LogP contribution in [0, 0.1) is 20.2 Å². The van der Waals surface area contributed by atoms with Gasteiger partial charge in [0, 0.05) is 11.8 Å². The molecule has 10 heteroatoms. The van der Waals surface area contributed by atoms with Crippen molar-refractivity contribution >= 4 is 22.7 Å². The van der Waals surface area contributed by atoms with Crippen LogP contribution in [0.15, 0.2) is 36.4 Å². The van der Waals surface area contributed by atoms with Gasteiger partial charge in [-0.25, -0.2) is 0 Å². The van der Waals surface area contributed by atoms with Gasteiger partial charge in [0.25, 0.3) is 11.4 Å². The number of rotatable bonds is 4. The third kappa shape index (κ3) is 4.52. The van der Waals surface area contributed by atoms with E-state index in [1.807, 2.05) is 0 Å². The Balaban J connectivity index is 2.60. The highest BCUT2D eigenvalue weighted by molar-refractivity contribution is 5.77. The minimum absolute atomic E-state index is 0.00198. The van der Waals surface area contributed by atoms with Crippen LogP contribution in [0.4, 0.5) is 35.9 Å². The first-order valence-corrected chi connectivity index (χ1v) is 7.72. The van der Waals surface area contributed by atoms with Gasteiger partial charge >= 0.3 is 6.18 Å². The Kier molecular flexibility index (Phi) is 5.12. The third-order valence-electron chi connectivity index (χ3n) is 3.80. The number of hydrogen-bond acceptors (Lipinski definition) is 5. The van der Waals surface area contributed by atoms with Crippen LogP contribution in [0.1, 0.15) is 31.9 Å². The monoisotopic (exact) mass is 383 g/mol. The zero-order chi connectivity index (χ0) is 20.6. The van der Waals surface area contributed by atoms with E-state index in [1.54, 1.807) is 20.8 Å². The Bertz CT molecular complexity index is 888. The zero-order valence-corrected chi connectivity index (χ0v) is 14.6. The maximum absolute atomic E-state index is 12.7. The maximum atomic E-state index is 12.7. The lowest BCUT2D eigenvalue weighted by Gasteiger charge is -2.23. The molecule has 0 spiro atoms. The summed E-state index contributed by atoms with van der Waals surface area (Å²) in [5, 5.41) is 25.3. The molecule has 0 fully saturated rings. The fourth-order valence-electron chi connectivity index (χ4n) is 2.47. The van der Waals surface area contributed by atoms with E-state index >= 15 is 0 Å². The molecule has 0 aliphatic heterocycles. The topological polar surface area (TPSA) is 98.3 Å². The average Bonchev–Trinajstić information content (AvgIpc) is 2.53. The number of nitrogens with one attached hydrogen (secondary N) is 1. The summed E-state index contributed by atoms with van der Waals surface area (Å²) < 4.78 is 38.1. The molecular formula is C17H16F3N3O4. The average molecular weight is 383 g/mol. The molecule has 0 aliphatic carbocycles. The molecule has 2 aromatic rings. The second-order valence-corrected chi connectivity index (χ2v) is 6.85. The van der Waals surface area contributed by atoms with E-state index in [1.165, 1.54) is 6.07 Å². The predicted octanol–water partition coefficient (Wildman–Crippen LogP) is 5.56. The number of nitro groups is 2. The van der Waals surface area contributed by atoms with Crippen LogP contribution in [-0.2, 0) is 11.6 Å². The third-order valence-corrected chi connectivity index (χ3v) is 3.80. The number of benzene rings is 2. The summed E-state index contributed by atoms with van der Waals surface area (Å²) in [6.45, 7) is 5.15. The highest BCUT2D eigenvalue weighted by Crippen LogP contribution is 2.41. The lowest BCUT2D eigenvalue weighted by atomic mass is 9.84. The first kappa shape index (κ1) is 20.1. The van der Waals surface area contributed by atoms with E-state index in [0.717, 1.165) is 30.3 Å². The number of non-ortho nitro benzene ring substituents is 1. The molecule has 0 heterocycles. The van der Waals surface area contributed by atoms with Crippen LogP contribution in [-0.4, -0.2) is 9.85 Å². The maximum Gasteiger partial charge on any atom is 0.416 e. The molecule has 0 saturated carbocycles. The van der Waals surface area contributed by atoms with Crippen LogP contribution in [0.25, 0.3) is 0 Å². The Morgan fingerprint density at radius 3 is 1.89 bits per heavy atom. The molecule has 0 aromatic heterocycles. The van der Waals surface area contributed by atoms with Crippen LogP contribution in [0.3, 0.4) is 0 Å². The first-order chi connectivity index (χ1) is 12.3. The summed E-state index contributed by atoms with van der Waals surface area (Å²) in [6.07, 6.45) is -4.51. The van der Waals surface area contributed by atoms with Gasteiger partial charge in [-0.3, -0.25) is 20.2 Å². The van der Waals surface area contributed by atoms with Gasteiger partial charge in [-0.05, 0) is 35.2 Å². The van der Waals surface area contributed by atoms with Gasteiger partial charge in [-0.2, -0.15) is 13.2 Å². The fraction of sp³-hybridized carbons (Fsp3) is 0.294. The largest absolute Gasteiger partial charge is 0.416 e. The number of hydrogen-bond donors (Lipinski definition) is 1. The SMILES string of the molecule is CC(C)(C)c1cc([N+](=O)[O-])cc([N+](=O)[O-])c1Nc1ccc(C(F)(F)F)cc1. The summed E-state index contributed by atoms with van der Waals surface area (Å²) in [7, 11) is 0. The molecule has 1 N–H and O–H groups in total. The van der Waals surface area contributed by atoms with E-state index in [2.05, 4.69) is 5.32 Å². The first-order valence-electron chi connectivity index (χ1n) is 7.72. The Morgan fingerprint density at radius 2 is 1.48 bits per heavy atom. The van der Waals surface area contributed by atoms with Gasteiger partial charge in [0.05, 0.1) is 21.5 Å². The molecular weight excluding hydrogens is 367 g/mol. The summed E-state index contributed by atoms with van der Waals surface area (Å²) in [5.41, 5.74) is -2.06. The predicted molar refractivity (Wildman–Crippen MR) is 93.2 cm³/mol. The molecule has 0 atom stereocenters. The molecule has 0 radical (unpaired) electrons. The smallest absolute Gasteiger partial charge is 0.350 e. The number of nitrogens with zero attached hydrogens (tertiary/aromatic N) is 2. The number of nitro benzene ring substituents is 2. The van der Waals surface area contributed by atoms with E-state index in [9.17, 15) is 33.4 Å². The summed E-state index contributed by atoms with van der Waals surface area (Å²) in [5.74, 6) is 0. The second kappa shape index (κ2) is 6.86. The number of halogens is 3. The molecule has 2 aromatic carbocycles. The summed E-state index contributed by atoms with van der Waals surface area (Å²) >= 11 is 0. The highest BCUT2D eigenvalue weighted by Gasteiger charge is 2.31. The molecule has 0 bridgehead atoms. The van der Waals surface area contributed by atoms with Gasteiger partial charge in [0.15, 0.2) is 0 Å². The highest BCUT2D eigenvalue weighted by atomic mass is 19.4. The number of anilines is 2. The van der Waals surface area contributed by atoms with Crippen molar-refractivity contribution in [1.82, 2.24) is 0 Å². The molecule has 2 rings (SSSR count). The van der Waals surface area contributed by atoms with Crippen molar-refractivity contribution in [2.45, 2.75) is 32.4 Å². The van der Waals surface area contributed by atoms with Crippen LogP contribution >= 0.6 is 0 Å². The lowest BCUT2D eigenvalue weighted by molar-refractivity contribution is -0.393. The van der Waals surface area contributed by atoms with Gasteiger partial charge in [-0.15, -0.1) is 0 Å². The van der Waals surface area contributed by atoms with Crippen LogP contribution < -0.4 is 5.32 Å². The van der Waals surface area contributed by atoms with Crippen molar-refractivity contribution in [3.05, 3.63) is 67.8 Å². The molecule has 7 nitrogen and oxygen atoms in total. The summed E-state index contributed by atoms with van der Waals surface area (Å²) in [6, 6.07) is 6.01. The lowest BCUT2D eigenvalue weighted by Crippen LogP contribution is -2.15. The second-order valence-electron chi connectivity index (χ2n) is 6.85. The summed E-state index contributed by atoms with van der Waals surface area (Å²) in [4.78, 5) is 21.1. The molecule has 144 valence electrons. The van der Waals surface area contributed by atoms with Gasteiger partial charge in [0.2, 0.25) is 0 Å². The fourth-order valence-corrected chi connectivity index (χ4v) is 2.47. The van der Waals surface area contributed by atoms with Crippen molar-refractivity contribution in [3.63, 3.8) is 0 Å². The van der Waals surface area contributed by atoms with Crippen LogP contribution in [0.5, 0.6) is 0 Å². The van der Waals surface area contributed by atoms with E-state index in [0.29, 0.717) is 5.56 Å². The van der Waals surface area contributed by atoms with Crippen molar-refractivity contribution in [1.29, 1.82) is 0 Å². The Morgan fingerprint density at radius 1 is 0.926 bits per heavy atom. The van der Waals surface area contributed by atoms with Crippen LogP contribution in [0.2, 0.25) is 0 Å². The van der Waals surface area contributed by atoms with Gasteiger partial charge in [-0.1, -0.05) is 20.8 Å². The van der Waals surface area contributed by atoms with E-state index < -0.39 is 38.4 Å². The molecule has 0 aliphatic rings. The minimum Gasteiger partial charge on any atom is -0.350 e. The van der Waals surface area contributed by atoms with Crippen molar-refractivity contribution < 1.29 is 23.0 Å². The number of alkyl halides is 3. The van der Waals surface area contributed by atoms with Gasteiger partial charge < -0.3 is 5.32 Å². The Hall–Kier alpha value is -3.17. The van der Waals surface area contributed by atoms with Crippen molar-refractivity contribution in [2.75, 3.05) is 5.32 Å². The quantitative estimate of drug-likeness (QED) is 0.550. The molecule has 0 amide bonds. The van der Waals surface area contributed by atoms with E-state index in [-0.39, 0.29) is 11.4 Å². The van der Waals surface area contributed by atoms with Crippen molar-refractivity contribution in [2.24, 2.45) is 0 Å². The van der Waals surface area contributed by atoms with Crippen molar-refractivity contribution in [3.8, 4) is 0 Å². The van der Waals surface area contributed by atoms with Gasteiger partial charge in [0.1, 0.15) is 5.69 Å². The normalized spacial score (nSPS) is 11.9. The van der Waals surface area contributed by atoms with E-state index in [4.69, 9.17) is 0 Å². The standard InChI is InChI=1S/C17H16F3N3O4/c1-16(2,3)13-8-12(22(24)25)9-14(23(26)27)15(13)21-11-6-4-10(5-7-11)17(18,19)20/h4-9,21H,1-3H3. The zero-order valence-electron chi connectivity index (χ0n) is 14.6. The molecule has 0 unspecified atom stereocenters. The molecule has 0 saturated heterocycles. The Labute approximate surface area is 152 Å². The molecule has 27 heavy (non-hydrogen) atoms. The minimum atomic E-state index is -4.51.